The number of amides is 2. The van der Waals surface area contributed by atoms with Crippen LogP contribution < -0.4 is 16.0 Å². The van der Waals surface area contributed by atoms with Crippen molar-refractivity contribution in [3.8, 4) is 0 Å². The smallest absolute Gasteiger partial charge is 0.251 e. The normalized spacial score (nSPS) is 11.2. The van der Waals surface area contributed by atoms with Crippen molar-refractivity contribution in [3.05, 3.63) is 70.7 Å². The standard InChI is InChI=1S/C19H22ClN3O2.ClH/c1-21-11-12-22-19(25)17(13-14-5-3-2-4-6-14)23-18(24)15-7-9-16(20)10-8-15;/h2-10,17,21H,11-13H2,1H3,(H,22,25)(H,23,24);1H. The van der Waals surface area contributed by atoms with Crippen LogP contribution >= 0.6 is 24.0 Å². The highest BCUT2D eigenvalue weighted by molar-refractivity contribution is 6.30. The van der Waals surface area contributed by atoms with Crippen LogP contribution in [0.15, 0.2) is 54.6 Å². The predicted molar refractivity (Wildman–Crippen MR) is 107 cm³/mol. The highest BCUT2D eigenvalue weighted by Gasteiger charge is 2.21. The van der Waals surface area contributed by atoms with E-state index in [0.29, 0.717) is 30.1 Å². The maximum atomic E-state index is 12.5. The van der Waals surface area contributed by atoms with E-state index in [0.717, 1.165) is 5.56 Å². The number of hydrogen-bond donors (Lipinski definition) is 3. The van der Waals surface area contributed by atoms with Crippen molar-refractivity contribution < 1.29 is 9.59 Å². The second kappa shape index (κ2) is 11.5. The Labute approximate surface area is 164 Å². The Kier molecular flexibility index (Phi) is 9.73. The molecule has 0 aliphatic heterocycles. The first-order valence-electron chi connectivity index (χ1n) is 8.13. The zero-order valence-electron chi connectivity index (χ0n) is 14.5. The van der Waals surface area contributed by atoms with Crippen LogP contribution in [0.2, 0.25) is 5.02 Å². The van der Waals surface area contributed by atoms with Crippen LogP contribution in [-0.2, 0) is 11.2 Å². The summed E-state index contributed by atoms with van der Waals surface area (Å²) in [4.78, 5) is 24.9. The molecular weight excluding hydrogens is 373 g/mol. The van der Waals surface area contributed by atoms with Crippen molar-refractivity contribution in [3.63, 3.8) is 0 Å². The zero-order valence-corrected chi connectivity index (χ0v) is 16.1. The molecule has 2 aromatic rings. The van der Waals surface area contributed by atoms with E-state index < -0.39 is 6.04 Å². The number of rotatable bonds is 8. The lowest BCUT2D eigenvalue weighted by Crippen LogP contribution is -2.49. The fourth-order valence-corrected chi connectivity index (χ4v) is 2.46. The van der Waals surface area contributed by atoms with Crippen LogP contribution in [-0.4, -0.2) is 38.0 Å². The van der Waals surface area contributed by atoms with Gasteiger partial charge in [0.2, 0.25) is 5.91 Å². The molecule has 0 heterocycles. The van der Waals surface area contributed by atoms with Crippen molar-refractivity contribution in [2.24, 2.45) is 0 Å². The number of nitrogens with one attached hydrogen (secondary N) is 3. The summed E-state index contributed by atoms with van der Waals surface area (Å²) in [7, 11) is 1.82. The average molecular weight is 396 g/mol. The summed E-state index contributed by atoms with van der Waals surface area (Å²) in [6.45, 7) is 1.16. The SMILES string of the molecule is CNCCNC(=O)C(Cc1ccccc1)NC(=O)c1ccc(Cl)cc1.Cl. The lowest BCUT2D eigenvalue weighted by atomic mass is 10.0. The summed E-state index contributed by atoms with van der Waals surface area (Å²) < 4.78 is 0. The lowest BCUT2D eigenvalue weighted by Gasteiger charge is -2.19. The Hall–Kier alpha value is -2.08. The Morgan fingerprint density at radius 3 is 2.27 bits per heavy atom. The van der Waals surface area contributed by atoms with E-state index in [1.807, 2.05) is 37.4 Å². The van der Waals surface area contributed by atoms with Crippen molar-refractivity contribution >= 4 is 35.8 Å². The molecule has 1 unspecified atom stereocenters. The number of benzene rings is 2. The van der Waals surface area contributed by atoms with Crippen LogP contribution in [0.1, 0.15) is 15.9 Å². The number of halogens is 2. The Balaban J connectivity index is 0.00000338. The second-order valence-corrected chi connectivity index (χ2v) is 6.05. The summed E-state index contributed by atoms with van der Waals surface area (Å²) in [5.74, 6) is -0.511. The van der Waals surface area contributed by atoms with E-state index in [9.17, 15) is 9.59 Å². The maximum absolute atomic E-state index is 12.5. The van der Waals surface area contributed by atoms with Gasteiger partial charge in [0.15, 0.2) is 0 Å². The third kappa shape index (κ3) is 7.04. The first-order chi connectivity index (χ1) is 12.1. The van der Waals surface area contributed by atoms with Crippen LogP contribution in [0, 0.1) is 0 Å². The van der Waals surface area contributed by atoms with Gasteiger partial charge in [0.1, 0.15) is 6.04 Å². The van der Waals surface area contributed by atoms with Crippen LogP contribution in [0.4, 0.5) is 0 Å². The van der Waals surface area contributed by atoms with Crippen molar-refractivity contribution in [2.75, 3.05) is 20.1 Å². The van der Waals surface area contributed by atoms with Gasteiger partial charge in [-0.3, -0.25) is 9.59 Å². The van der Waals surface area contributed by atoms with Gasteiger partial charge in [0, 0.05) is 30.1 Å². The third-order valence-corrected chi connectivity index (χ3v) is 3.94. The van der Waals surface area contributed by atoms with Crippen molar-refractivity contribution in [1.29, 1.82) is 0 Å². The van der Waals surface area contributed by atoms with Gasteiger partial charge >= 0.3 is 0 Å². The number of hydrogen-bond acceptors (Lipinski definition) is 3. The molecule has 0 fully saturated rings. The molecule has 0 saturated heterocycles. The lowest BCUT2D eigenvalue weighted by molar-refractivity contribution is -0.122. The topological polar surface area (TPSA) is 70.2 Å². The fourth-order valence-electron chi connectivity index (χ4n) is 2.34. The quantitative estimate of drug-likeness (QED) is 0.601. The number of likely N-dealkylation sites (N-methyl/N-ethyl adjacent to an activating group) is 1. The Morgan fingerprint density at radius 1 is 1.00 bits per heavy atom. The van der Waals surface area contributed by atoms with Crippen molar-refractivity contribution in [1.82, 2.24) is 16.0 Å². The molecule has 5 nitrogen and oxygen atoms in total. The van der Waals surface area contributed by atoms with E-state index in [1.165, 1.54) is 0 Å². The van der Waals surface area contributed by atoms with Crippen LogP contribution in [0.25, 0.3) is 0 Å². The van der Waals surface area contributed by atoms with Gasteiger partial charge in [-0.05, 0) is 36.9 Å². The molecule has 0 radical (unpaired) electrons. The highest BCUT2D eigenvalue weighted by Crippen LogP contribution is 2.10. The van der Waals surface area contributed by atoms with E-state index in [1.54, 1.807) is 24.3 Å². The molecule has 0 bridgehead atoms. The van der Waals surface area contributed by atoms with E-state index in [2.05, 4.69) is 16.0 Å². The zero-order chi connectivity index (χ0) is 18.1. The first kappa shape index (κ1) is 22.0. The molecule has 140 valence electrons. The maximum Gasteiger partial charge on any atom is 0.251 e. The van der Waals surface area contributed by atoms with Gasteiger partial charge in [0.05, 0.1) is 0 Å². The summed E-state index contributed by atoms with van der Waals surface area (Å²) in [5.41, 5.74) is 1.44. The van der Waals surface area contributed by atoms with Crippen molar-refractivity contribution in [2.45, 2.75) is 12.5 Å². The molecule has 0 saturated carbocycles. The molecule has 26 heavy (non-hydrogen) atoms. The van der Waals surface area contributed by atoms with Crippen LogP contribution in [0.3, 0.4) is 0 Å². The minimum Gasteiger partial charge on any atom is -0.353 e. The molecule has 0 aliphatic rings. The molecular formula is C19H23Cl2N3O2. The van der Waals surface area contributed by atoms with E-state index >= 15 is 0 Å². The molecule has 0 aromatic heterocycles. The second-order valence-electron chi connectivity index (χ2n) is 5.62. The van der Waals surface area contributed by atoms with Gasteiger partial charge in [-0.1, -0.05) is 41.9 Å². The largest absolute Gasteiger partial charge is 0.353 e. The third-order valence-electron chi connectivity index (χ3n) is 3.69. The molecule has 3 N–H and O–H groups in total. The minimum atomic E-state index is -0.651. The summed E-state index contributed by atoms with van der Waals surface area (Å²) >= 11 is 5.85. The summed E-state index contributed by atoms with van der Waals surface area (Å²) in [5, 5.41) is 9.17. The number of carbonyl (C=O) groups is 2. The molecule has 1 atom stereocenters. The minimum absolute atomic E-state index is 0. The van der Waals surface area contributed by atoms with Gasteiger partial charge in [-0.2, -0.15) is 0 Å². The monoisotopic (exact) mass is 395 g/mol. The van der Waals surface area contributed by atoms with Gasteiger partial charge < -0.3 is 16.0 Å². The van der Waals surface area contributed by atoms with Gasteiger partial charge in [-0.25, -0.2) is 0 Å². The van der Waals surface area contributed by atoms with Gasteiger partial charge in [0.25, 0.3) is 5.91 Å². The first-order valence-corrected chi connectivity index (χ1v) is 8.50. The molecule has 2 aromatic carbocycles. The molecule has 2 rings (SSSR count). The molecule has 2 amide bonds. The molecule has 7 heteroatoms. The summed E-state index contributed by atoms with van der Waals surface area (Å²) in [6, 6.07) is 15.5. The fraction of sp³-hybridized carbons (Fsp3) is 0.263. The van der Waals surface area contributed by atoms with E-state index in [4.69, 9.17) is 11.6 Å². The average Bonchev–Trinajstić information content (AvgIpc) is 2.62. The summed E-state index contributed by atoms with van der Waals surface area (Å²) in [6.07, 6.45) is 0.422. The van der Waals surface area contributed by atoms with E-state index in [-0.39, 0.29) is 24.2 Å². The highest BCUT2D eigenvalue weighted by atomic mass is 35.5. The van der Waals surface area contributed by atoms with Gasteiger partial charge in [-0.15, -0.1) is 12.4 Å². The Bertz CT molecular complexity index is 694. The molecule has 0 aliphatic carbocycles. The van der Waals surface area contributed by atoms with Crippen LogP contribution in [0.5, 0.6) is 0 Å². The predicted octanol–water partition coefficient (Wildman–Crippen LogP) is 2.44. The Morgan fingerprint density at radius 2 is 1.65 bits per heavy atom. The number of carbonyl (C=O) groups excluding carboxylic acids is 2. The molecule has 0 spiro atoms.